The SMILES string of the molecule is CNC(=O)c1ccc(N2C(S)N(c3cnc(C#N)c(C(F)(F)F)c3)C(S)C23CCC3)cc1F. The van der Waals surface area contributed by atoms with Gasteiger partial charge in [0.05, 0.1) is 33.9 Å². The van der Waals surface area contributed by atoms with Crippen LogP contribution in [-0.4, -0.2) is 34.3 Å². The van der Waals surface area contributed by atoms with Crippen molar-refractivity contribution in [3.8, 4) is 6.07 Å². The standard InChI is InChI=1S/C21H19F4N5OS2/c1-27-17(31)13-4-3-11(8-15(13)22)30-19(33)29(18(32)20(30)5-2-6-20)12-7-14(21(23,24)25)16(9-26)28-10-12/h3-4,7-8,10,18-19,32-33H,2,5-6H2,1H3,(H,27,31). The van der Waals surface area contributed by atoms with Crippen molar-refractivity contribution in [2.24, 2.45) is 0 Å². The lowest BCUT2D eigenvalue weighted by Crippen LogP contribution is -2.55. The molecule has 6 nitrogen and oxygen atoms in total. The van der Waals surface area contributed by atoms with Gasteiger partial charge >= 0.3 is 6.18 Å². The van der Waals surface area contributed by atoms with E-state index in [0.29, 0.717) is 18.5 Å². The Kier molecular flexibility index (Phi) is 5.90. The highest BCUT2D eigenvalue weighted by molar-refractivity contribution is 7.82. The van der Waals surface area contributed by atoms with Gasteiger partial charge in [-0.1, -0.05) is 0 Å². The van der Waals surface area contributed by atoms with Crippen LogP contribution >= 0.6 is 25.3 Å². The average Bonchev–Trinajstić information content (AvgIpc) is 2.98. The third-order valence-corrected chi connectivity index (χ3v) is 7.42. The number of aromatic nitrogens is 1. The number of anilines is 2. The second-order valence-electron chi connectivity index (χ2n) is 7.90. The van der Waals surface area contributed by atoms with Crippen molar-refractivity contribution < 1.29 is 22.4 Å². The van der Waals surface area contributed by atoms with Crippen molar-refractivity contribution in [1.82, 2.24) is 10.3 Å². The van der Waals surface area contributed by atoms with E-state index in [0.717, 1.165) is 12.5 Å². The lowest BCUT2D eigenvalue weighted by atomic mass is 9.75. The minimum Gasteiger partial charge on any atom is -0.355 e. The molecular weight excluding hydrogens is 478 g/mol. The van der Waals surface area contributed by atoms with Crippen LogP contribution in [0, 0.1) is 17.1 Å². The number of rotatable bonds is 3. The number of alkyl halides is 3. The van der Waals surface area contributed by atoms with E-state index in [1.807, 2.05) is 4.90 Å². The summed E-state index contributed by atoms with van der Waals surface area (Å²) in [6.07, 6.45) is -1.38. The van der Waals surface area contributed by atoms with Gasteiger partial charge in [0.25, 0.3) is 5.91 Å². The number of hydrogen-bond acceptors (Lipinski definition) is 7. The monoisotopic (exact) mass is 497 g/mol. The maximum Gasteiger partial charge on any atom is 0.419 e. The summed E-state index contributed by atoms with van der Waals surface area (Å²) in [4.78, 5) is 19.0. The Balaban J connectivity index is 1.78. The molecule has 4 rings (SSSR count). The number of carbonyl (C=O) groups is 1. The molecule has 1 amide bonds. The highest BCUT2D eigenvalue weighted by Gasteiger charge is 2.59. The van der Waals surface area contributed by atoms with Gasteiger partial charge in [0.2, 0.25) is 0 Å². The summed E-state index contributed by atoms with van der Waals surface area (Å²) in [5.41, 5.74) is -2.87. The lowest BCUT2D eigenvalue weighted by Gasteiger charge is -2.48. The van der Waals surface area contributed by atoms with Crippen molar-refractivity contribution in [3.63, 3.8) is 0 Å². The predicted octanol–water partition coefficient (Wildman–Crippen LogP) is 4.19. The fourth-order valence-electron chi connectivity index (χ4n) is 4.44. The normalized spacial score (nSPS) is 21.6. The van der Waals surface area contributed by atoms with E-state index in [1.54, 1.807) is 11.0 Å². The highest BCUT2D eigenvalue weighted by atomic mass is 32.1. The van der Waals surface area contributed by atoms with Crippen molar-refractivity contribution in [3.05, 3.63) is 53.1 Å². The Morgan fingerprint density at radius 3 is 2.48 bits per heavy atom. The maximum absolute atomic E-state index is 14.7. The van der Waals surface area contributed by atoms with Gasteiger partial charge in [-0.25, -0.2) is 9.37 Å². The first kappa shape index (κ1) is 23.5. The molecular formula is C21H19F4N5OS2. The minimum absolute atomic E-state index is 0.0950. The van der Waals surface area contributed by atoms with Gasteiger partial charge in [0.15, 0.2) is 5.69 Å². The zero-order chi connectivity index (χ0) is 24.1. The summed E-state index contributed by atoms with van der Waals surface area (Å²) in [7, 11) is 1.40. The third kappa shape index (κ3) is 3.67. The Morgan fingerprint density at radius 2 is 1.97 bits per heavy atom. The first-order valence-electron chi connectivity index (χ1n) is 9.98. The lowest BCUT2D eigenvalue weighted by molar-refractivity contribution is -0.138. The molecule has 1 aliphatic carbocycles. The topological polar surface area (TPSA) is 72.3 Å². The van der Waals surface area contributed by atoms with Gasteiger partial charge in [-0.2, -0.15) is 31.1 Å². The molecule has 1 saturated carbocycles. The van der Waals surface area contributed by atoms with Crippen molar-refractivity contribution in [2.75, 3.05) is 16.8 Å². The molecule has 2 atom stereocenters. The molecule has 2 aromatic rings. The first-order chi connectivity index (χ1) is 15.5. The van der Waals surface area contributed by atoms with Crippen LogP contribution in [0.2, 0.25) is 0 Å². The molecule has 2 aliphatic rings. The second-order valence-corrected chi connectivity index (χ2v) is 8.85. The molecule has 1 aromatic carbocycles. The molecule has 1 spiro atoms. The van der Waals surface area contributed by atoms with Gasteiger partial charge in [0.1, 0.15) is 17.4 Å². The number of benzene rings is 1. The zero-order valence-electron chi connectivity index (χ0n) is 17.3. The number of halogens is 4. The largest absolute Gasteiger partial charge is 0.419 e. The number of nitrogens with zero attached hydrogens (tertiary/aromatic N) is 4. The molecule has 2 fully saturated rings. The summed E-state index contributed by atoms with van der Waals surface area (Å²) in [5.74, 6) is -1.30. The molecule has 2 heterocycles. The van der Waals surface area contributed by atoms with Crippen LogP contribution in [0.4, 0.5) is 28.9 Å². The number of pyridine rings is 1. The maximum atomic E-state index is 14.7. The van der Waals surface area contributed by atoms with Crippen LogP contribution < -0.4 is 15.1 Å². The van der Waals surface area contributed by atoms with E-state index in [2.05, 4.69) is 22.9 Å². The van der Waals surface area contributed by atoms with Gasteiger partial charge in [-0.3, -0.25) is 4.79 Å². The van der Waals surface area contributed by atoms with Crippen LogP contribution in [0.1, 0.15) is 40.9 Å². The van der Waals surface area contributed by atoms with Crippen LogP contribution in [-0.2, 0) is 6.18 Å². The molecule has 1 N–H and O–H groups in total. The van der Waals surface area contributed by atoms with Crippen molar-refractivity contribution >= 4 is 42.5 Å². The first-order valence-corrected chi connectivity index (χ1v) is 11.0. The van der Waals surface area contributed by atoms with Crippen molar-refractivity contribution in [1.29, 1.82) is 5.26 Å². The fourth-order valence-corrected chi connectivity index (χ4v) is 5.82. The third-order valence-electron chi connectivity index (χ3n) is 6.21. The summed E-state index contributed by atoms with van der Waals surface area (Å²) < 4.78 is 55.3. The highest BCUT2D eigenvalue weighted by Crippen LogP contribution is 2.54. The Labute approximate surface area is 198 Å². The molecule has 0 bridgehead atoms. The van der Waals surface area contributed by atoms with Crippen molar-refractivity contribution in [2.45, 2.75) is 41.8 Å². The molecule has 1 aromatic heterocycles. The van der Waals surface area contributed by atoms with E-state index in [1.165, 1.54) is 31.4 Å². The predicted molar refractivity (Wildman–Crippen MR) is 121 cm³/mol. The smallest absolute Gasteiger partial charge is 0.355 e. The minimum atomic E-state index is -4.77. The average molecular weight is 498 g/mol. The van der Waals surface area contributed by atoms with Gasteiger partial charge in [-0.15, -0.1) is 12.6 Å². The Hall–Kier alpha value is -2.65. The quantitative estimate of drug-likeness (QED) is 0.438. The molecule has 0 radical (unpaired) electrons. The van der Waals surface area contributed by atoms with Crippen LogP contribution in [0.5, 0.6) is 0 Å². The van der Waals surface area contributed by atoms with E-state index in [-0.39, 0.29) is 11.3 Å². The van der Waals surface area contributed by atoms with E-state index in [9.17, 15) is 22.4 Å². The Morgan fingerprint density at radius 1 is 1.27 bits per heavy atom. The molecule has 1 saturated heterocycles. The molecule has 33 heavy (non-hydrogen) atoms. The fraction of sp³-hybridized carbons (Fsp3) is 0.381. The van der Waals surface area contributed by atoms with Crippen LogP contribution in [0.25, 0.3) is 0 Å². The van der Waals surface area contributed by atoms with Crippen LogP contribution in [0.3, 0.4) is 0 Å². The Bertz CT molecular complexity index is 1150. The van der Waals surface area contributed by atoms with E-state index >= 15 is 0 Å². The summed E-state index contributed by atoms with van der Waals surface area (Å²) >= 11 is 9.40. The summed E-state index contributed by atoms with van der Waals surface area (Å²) in [5, 5.41) is 10.8. The second kappa shape index (κ2) is 8.29. The summed E-state index contributed by atoms with van der Waals surface area (Å²) in [6, 6.07) is 6.49. The summed E-state index contributed by atoms with van der Waals surface area (Å²) in [6.45, 7) is 0. The molecule has 12 heteroatoms. The number of thiol groups is 2. The number of carbonyl (C=O) groups excluding carboxylic acids is 1. The number of nitrogens with one attached hydrogen (secondary N) is 1. The van der Waals surface area contributed by atoms with E-state index < -0.39 is 45.6 Å². The number of nitriles is 1. The van der Waals surface area contributed by atoms with Gasteiger partial charge in [-0.05, 0) is 43.5 Å². The number of hydrogen-bond donors (Lipinski definition) is 3. The van der Waals surface area contributed by atoms with Gasteiger partial charge < -0.3 is 15.1 Å². The molecule has 1 aliphatic heterocycles. The zero-order valence-corrected chi connectivity index (χ0v) is 19.1. The van der Waals surface area contributed by atoms with E-state index in [4.69, 9.17) is 17.9 Å². The molecule has 2 unspecified atom stereocenters. The van der Waals surface area contributed by atoms with Gasteiger partial charge in [0, 0.05) is 12.7 Å². The molecule has 174 valence electrons. The number of amides is 1. The van der Waals surface area contributed by atoms with Crippen LogP contribution in [0.15, 0.2) is 30.5 Å².